The van der Waals surface area contributed by atoms with E-state index in [1.165, 1.54) is 6.07 Å². The Balaban J connectivity index is 1.60. The summed E-state index contributed by atoms with van der Waals surface area (Å²) in [4.78, 5) is 31.0. The van der Waals surface area contributed by atoms with E-state index in [0.29, 0.717) is 12.5 Å². The maximum Gasteiger partial charge on any atom is 0.270 e. The zero-order valence-electron chi connectivity index (χ0n) is 15.7. The number of carbonyl (C=O) groups excluding carboxylic acids is 1. The zero-order valence-corrected chi connectivity index (χ0v) is 15.7. The number of benzene rings is 1. The molecule has 8 heteroatoms. The molecule has 144 valence electrons. The highest BCUT2D eigenvalue weighted by molar-refractivity contribution is 5.82. The molecule has 0 atom stereocenters. The normalized spacial score (nSPS) is 15.6. The average Bonchev–Trinajstić information content (AvgIpc) is 2.68. The average molecular weight is 371 g/mol. The van der Waals surface area contributed by atoms with Crippen molar-refractivity contribution in [2.75, 3.05) is 45.2 Å². The van der Waals surface area contributed by atoms with Crippen LogP contribution < -0.4 is 10.2 Å². The summed E-state index contributed by atoms with van der Waals surface area (Å²) < 4.78 is 0. The molecule has 0 spiro atoms. The number of likely N-dealkylation sites (tertiary alicyclic amines) is 1. The molecule has 1 aromatic heterocycles. The summed E-state index contributed by atoms with van der Waals surface area (Å²) >= 11 is 0. The Kier molecular flexibility index (Phi) is 5.85. The summed E-state index contributed by atoms with van der Waals surface area (Å²) in [6.45, 7) is 3.23. The first-order chi connectivity index (χ1) is 13.0. The van der Waals surface area contributed by atoms with Crippen molar-refractivity contribution in [1.29, 1.82) is 0 Å². The van der Waals surface area contributed by atoms with E-state index < -0.39 is 4.92 Å². The van der Waals surface area contributed by atoms with Crippen LogP contribution >= 0.6 is 0 Å². The number of fused-ring (bicyclic) bond motifs is 1. The number of aromatic nitrogens is 1. The zero-order chi connectivity index (χ0) is 19.4. The Hall–Kier alpha value is -2.74. The van der Waals surface area contributed by atoms with Gasteiger partial charge in [-0.05, 0) is 50.0 Å². The monoisotopic (exact) mass is 371 g/mol. The number of nitro benzene ring substituents is 1. The number of nitrogens with one attached hydrogen (secondary N) is 1. The van der Waals surface area contributed by atoms with E-state index in [0.717, 1.165) is 49.2 Å². The topological polar surface area (TPSA) is 91.6 Å². The summed E-state index contributed by atoms with van der Waals surface area (Å²) in [5.74, 6) is 1.49. The van der Waals surface area contributed by atoms with Gasteiger partial charge in [0.1, 0.15) is 5.82 Å². The van der Waals surface area contributed by atoms with E-state index in [9.17, 15) is 14.9 Å². The minimum Gasteiger partial charge on any atom is -0.359 e. The minimum absolute atomic E-state index is 0.0613. The van der Waals surface area contributed by atoms with Gasteiger partial charge in [0.05, 0.1) is 17.0 Å². The number of pyridine rings is 1. The van der Waals surface area contributed by atoms with Crippen molar-refractivity contribution < 1.29 is 9.72 Å². The molecule has 1 aliphatic heterocycles. The first kappa shape index (κ1) is 19.0. The van der Waals surface area contributed by atoms with Gasteiger partial charge in [-0.3, -0.25) is 19.8 Å². The summed E-state index contributed by atoms with van der Waals surface area (Å²) in [6, 6.07) is 8.53. The second kappa shape index (κ2) is 8.30. The van der Waals surface area contributed by atoms with Crippen LogP contribution in [0.1, 0.15) is 12.8 Å². The molecule has 0 saturated carbocycles. The Bertz CT molecular complexity index is 833. The van der Waals surface area contributed by atoms with Crippen molar-refractivity contribution >= 4 is 28.3 Å². The highest BCUT2D eigenvalue weighted by Gasteiger charge is 2.22. The summed E-state index contributed by atoms with van der Waals surface area (Å²) in [6.07, 6.45) is 2.11. The lowest BCUT2D eigenvalue weighted by atomic mass is 9.96. The Morgan fingerprint density at radius 1 is 1.33 bits per heavy atom. The maximum absolute atomic E-state index is 11.5. The van der Waals surface area contributed by atoms with Gasteiger partial charge in [0, 0.05) is 38.2 Å². The predicted molar refractivity (Wildman–Crippen MR) is 105 cm³/mol. The van der Waals surface area contributed by atoms with Gasteiger partial charge in [-0.2, -0.15) is 0 Å². The van der Waals surface area contributed by atoms with Gasteiger partial charge in [-0.1, -0.05) is 0 Å². The van der Waals surface area contributed by atoms with Gasteiger partial charge < -0.3 is 10.2 Å². The van der Waals surface area contributed by atoms with Crippen LogP contribution in [0.4, 0.5) is 11.5 Å². The van der Waals surface area contributed by atoms with Crippen molar-refractivity contribution in [3.8, 4) is 0 Å². The van der Waals surface area contributed by atoms with Crippen LogP contribution in [0.15, 0.2) is 30.3 Å². The number of anilines is 1. The smallest absolute Gasteiger partial charge is 0.270 e. The van der Waals surface area contributed by atoms with Crippen LogP contribution in [-0.2, 0) is 4.79 Å². The van der Waals surface area contributed by atoms with Crippen molar-refractivity contribution in [2.45, 2.75) is 12.8 Å². The fourth-order valence-corrected chi connectivity index (χ4v) is 3.52. The third kappa shape index (κ3) is 4.71. The number of nitrogens with zero attached hydrogens (tertiary/aromatic N) is 4. The summed E-state index contributed by atoms with van der Waals surface area (Å²) in [7, 11) is 3.69. The fourth-order valence-electron chi connectivity index (χ4n) is 3.52. The van der Waals surface area contributed by atoms with E-state index >= 15 is 0 Å². The second-order valence-electron chi connectivity index (χ2n) is 7.08. The third-order valence-corrected chi connectivity index (χ3v) is 5.15. The highest BCUT2D eigenvalue weighted by atomic mass is 16.6. The molecular weight excluding hydrogens is 346 g/mol. The lowest BCUT2D eigenvalue weighted by molar-refractivity contribution is -0.384. The number of nitro groups is 1. The SMILES string of the molecule is CNC(=O)CN1CCC(CN(C)c2ccc3cc([N+](=O)[O-])ccc3n2)CC1. The highest BCUT2D eigenvalue weighted by Crippen LogP contribution is 2.24. The number of piperidine rings is 1. The van der Waals surface area contributed by atoms with Crippen molar-refractivity contribution in [2.24, 2.45) is 5.92 Å². The third-order valence-electron chi connectivity index (χ3n) is 5.15. The first-order valence-corrected chi connectivity index (χ1v) is 9.15. The van der Waals surface area contributed by atoms with Crippen LogP contribution in [0.3, 0.4) is 0 Å². The van der Waals surface area contributed by atoms with E-state index in [1.54, 1.807) is 19.2 Å². The molecule has 1 N–H and O–H groups in total. The number of hydrogen-bond acceptors (Lipinski definition) is 6. The van der Waals surface area contributed by atoms with Crippen LogP contribution in [0.25, 0.3) is 10.9 Å². The number of amides is 1. The van der Waals surface area contributed by atoms with Gasteiger partial charge in [0.15, 0.2) is 0 Å². The first-order valence-electron chi connectivity index (χ1n) is 9.15. The van der Waals surface area contributed by atoms with Gasteiger partial charge >= 0.3 is 0 Å². The number of non-ortho nitro benzene ring substituents is 1. The molecule has 1 aromatic carbocycles. The van der Waals surface area contributed by atoms with E-state index in [2.05, 4.69) is 20.1 Å². The molecule has 8 nitrogen and oxygen atoms in total. The van der Waals surface area contributed by atoms with Crippen molar-refractivity contribution in [1.82, 2.24) is 15.2 Å². The molecule has 1 aliphatic rings. The summed E-state index contributed by atoms with van der Waals surface area (Å²) in [5.41, 5.74) is 0.833. The quantitative estimate of drug-likeness (QED) is 0.617. The lowest BCUT2D eigenvalue weighted by Crippen LogP contribution is -2.42. The maximum atomic E-state index is 11.5. The molecule has 0 radical (unpaired) electrons. The van der Waals surface area contributed by atoms with Gasteiger partial charge in [-0.25, -0.2) is 4.98 Å². The van der Waals surface area contributed by atoms with Gasteiger partial charge in [0.2, 0.25) is 5.91 Å². The van der Waals surface area contributed by atoms with E-state index in [1.807, 2.05) is 19.2 Å². The molecule has 27 heavy (non-hydrogen) atoms. The predicted octanol–water partition coefficient (Wildman–Crippen LogP) is 2.04. The largest absolute Gasteiger partial charge is 0.359 e. The Morgan fingerprint density at radius 2 is 2.07 bits per heavy atom. The Morgan fingerprint density at radius 3 is 2.74 bits per heavy atom. The molecular formula is C19H25N5O3. The van der Waals surface area contributed by atoms with Crippen LogP contribution in [0.5, 0.6) is 0 Å². The lowest BCUT2D eigenvalue weighted by Gasteiger charge is -2.33. The second-order valence-corrected chi connectivity index (χ2v) is 7.08. The molecule has 2 aromatic rings. The number of carbonyl (C=O) groups is 1. The van der Waals surface area contributed by atoms with Crippen molar-refractivity contribution in [3.63, 3.8) is 0 Å². The molecule has 0 bridgehead atoms. The molecule has 1 fully saturated rings. The molecule has 2 heterocycles. The number of likely N-dealkylation sites (N-methyl/N-ethyl adjacent to an activating group) is 1. The number of rotatable bonds is 6. The number of hydrogen-bond donors (Lipinski definition) is 1. The van der Waals surface area contributed by atoms with Crippen molar-refractivity contribution in [3.05, 3.63) is 40.4 Å². The van der Waals surface area contributed by atoms with E-state index in [4.69, 9.17) is 0 Å². The molecule has 0 aliphatic carbocycles. The minimum atomic E-state index is -0.393. The van der Waals surface area contributed by atoms with Crippen LogP contribution in [-0.4, -0.2) is 61.0 Å². The molecule has 3 rings (SSSR count). The van der Waals surface area contributed by atoms with Gasteiger partial charge in [-0.15, -0.1) is 0 Å². The van der Waals surface area contributed by atoms with Crippen LogP contribution in [0.2, 0.25) is 0 Å². The Labute approximate surface area is 158 Å². The molecule has 0 unspecified atom stereocenters. The standard InChI is InChI=1S/C19H25N5O3/c1-20-19(25)13-23-9-7-14(8-10-23)12-22(2)18-6-3-15-11-16(24(26)27)4-5-17(15)21-18/h3-6,11,14H,7-10,12-13H2,1-2H3,(H,20,25). The fraction of sp³-hybridized carbons (Fsp3) is 0.474. The van der Waals surface area contributed by atoms with E-state index in [-0.39, 0.29) is 11.6 Å². The van der Waals surface area contributed by atoms with Gasteiger partial charge in [0.25, 0.3) is 5.69 Å². The molecule has 1 saturated heterocycles. The molecule has 1 amide bonds. The summed E-state index contributed by atoms with van der Waals surface area (Å²) in [5, 5.41) is 14.3. The van der Waals surface area contributed by atoms with Crippen LogP contribution in [0, 0.1) is 16.0 Å².